The summed E-state index contributed by atoms with van der Waals surface area (Å²) >= 11 is 0. The second-order valence-electron chi connectivity index (χ2n) is 4.81. The van der Waals surface area contributed by atoms with E-state index in [4.69, 9.17) is 4.42 Å². The molecule has 0 saturated carbocycles. The van der Waals surface area contributed by atoms with Crippen molar-refractivity contribution in [3.63, 3.8) is 0 Å². The van der Waals surface area contributed by atoms with E-state index in [1.807, 2.05) is 0 Å². The first-order chi connectivity index (χ1) is 8.69. The first-order valence-corrected chi connectivity index (χ1v) is 6.25. The van der Waals surface area contributed by atoms with Crippen molar-refractivity contribution in [3.05, 3.63) is 36.1 Å². The summed E-state index contributed by atoms with van der Waals surface area (Å²) in [5, 5.41) is 3.56. The van der Waals surface area contributed by atoms with Crippen LogP contribution in [0.3, 0.4) is 0 Å². The first kappa shape index (κ1) is 11.7. The summed E-state index contributed by atoms with van der Waals surface area (Å²) in [4.78, 5) is 0. The van der Waals surface area contributed by atoms with Crippen LogP contribution in [0.15, 0.2) is 34.9 Å². The standard InChI is InChI=1S/C14H15F2NO/c15-14(16,10-4-3-7-17-8-10)12-9-18-13-6-2-1-5-11(12)13/h1-2,5-6,9-10,17H,3-4,7-8H2. The third-order valence-electron chi connectivity index (χ3n) is 3.65. The number of hydrogen-bond donors (Lipinski definition) is 1. The third-order valence-corrected chi connectivity index (χ3v) is 3.65. The van der Waals surface area contributed by atoms with Crippen LogP contribution < -0.4 is 5.32 Å². The number of para-hydroxylation sites is 1. The Balaban J connectivity index is 2.01. The van der Waals surface area contributed by atoms with E-state index < -0.39 is 11.8 Å². The summed E-state index contributed by atoms with van der Waals surface area (Å²) in [6.07, 6.45) is 2.56. The maximum atomic E-state index is 14.5. The molecule has 3 rings (SSSR count). The Morgan fingerprint density at radius 1 is 1.28 bits per heavy atom. The Labute approximate surface area is 104 Å². The van der Waals surface area contributed by atoms with Crippen molar-refractivity contribution < 1.29 is 13.2 Å². The highest BCUT2D eigenvalue weighted by atomic mass is 19.3. The van der Waals surface area contributed by atoms with Gasteiger partial charge >= 0.3 is 0 Å². The molecule has 2 heterocycles. The van der Waals surface area contributed by atoms with E-state index in [1.165, 1.54) is 6.26 Å². The third kappa shape index (κ3) is 1.81. The molecule has 4 heteroatoms. The number of hydrogen-bond acceptors (Lipinski definition) is 2. The van der Waals surface area contributed by atoms with Gasteiger partial charge in [-0.3, -0.25) is 0 Å². The number of rotatable bonds is 2. The van der Waals surface area contributed by atoms with E-state index in [0.29, 0.717) is 23.9 Å². The van der Waals surface area contributed by atoms with Gasteiger partial charge in [-0.2, -0.15) is 0 Å². The Hall–Kier alpha value is -1.42. The minimum Gasteiger partial charge on any atom is -0.464 e. The number of alkyl halides is 2. The zero-order chi connectivity index (χ0) is 12.6. The van der Waals surface area contributed by atoms with E-state index in [1.54, 1.807) is 24.3 Å². The van der Waals surface area contributed by atoms with Crippen LogP contribution in [0.2, 0.25) is 0 Å². The molecule has 1 atom stereocenters. The summed E-state index contributed by atoms with van der Waals surface area (Å²) in [5.74, 6) is -3.48. The molecule has 2 aromatic rings. The van der Waals surface area contributed by atoms with Gasteiger partial charge in [0, 0.05) is 17.8 Å². The average Bonchev–Trinajstić information content (AvgIpc) is 2.84. The van der Waals surface area contributed by atoms with E-state index >= 15 is 0 Å². The van der Waals surface area contributed by atoms with Crippen LogP contribution in [0.1, 0.15) is 18.4 Å². The second-order valence-corrected chi connectivity index (χ2v) is 4.81. The predicted octanol–water partition coefficient (Wildman–Crippen LogP) is 3.52. The van der Waals surface area contributed by atoms with Gasteiger partial charge in [0.2, 0.25) is 0 Å². The van der Waals surface area contributed by atoms with Crippen LogP contribution in [0.4, 0.5) is 8.78 Å². The van der Waals surface area contributed by atoms with Gasteiger partial charge in [0.1, 0.15) is 11.8 Å². The molecule has 0 aliphatic carbocycles. The summed E-state index contributed by atoms with van der Waals surface area (Å²) in [6.45, 7) is 1.20. The summed E-state index contributed by atoms with van der Waals surface area (Å²) in [5.41, 5.74) is 0.544. The van der Waals surface area contributed by atoms with Crippen LogP contribution in [0.25, 0.3) is 11.0 Å². The van der Waals surface area contributed by atoms with Crippen LogP contribution in [-0.4, -0.2) is 13.1 Å². The molecule has 0 radical (unpaired) electrons. The lowest BCUT2D eigenvalue weighted by Crippen LogP contribution is -2.39. The number of furan rings is 1. The minimum atomic E-state index is -2.83. The molecule has 1 N–H and O–H groups in total. The number of fused-ring (bicyclic) bond motifs is 1. The topological polar surface area (TPSA) is 25.2 Å². The highest BCUT2D eigenvalue weighted by Gasteiger charge is 2.43. The van der Waals surface area contributed by atoms with Gasteiger partial charge in [0.05, 0.1) is 5.56 Å². The van der Waals surface area contributed by atoms with Crippen molar-refractivity contribution >= 4 is 11.0 Å². The molecule has 1 unspecified atom stereocenters. The summed E-state index contributed by atoms with van der Waals surface area (Å²) in [7, 11) is 0. The van der Waals surface area contributed by atoms with Crippen LogP contribution in [0, 0.1) is 5.92 Å². The average molecular weight is 251 g/mol. The molecule has 1 aliphatic heterocycles. The lowest BCUT2D eigenvalue weighted by Gasteiger charge is -2.30. The molecule has 96 valence electrons. The van der Waals surface area contributed by atoms with Crippen molar-refractivity contribution in [1.82, 2.24) is 5.32 Å². The molecule has 1 aromatic heterocycles. The van der Waals surface area contributed by atoms with Gasteiger partial charge < -0.3 is 9.73 Å². The number of benzene rings is 1. The maximum Gasteiger partial charge on any atom is 0.280 e. The van der Waals surface area contributed by atoms with Gasteiger partial charge in [-0.15, -0.1) is 0 Å². The largest absolute Gasteiger partial charge is 0.464 e. The van der Waals surface area contributed by atoms with Crippen LogP contribution in [-0.2, 0) is 5.92 Å². The Morgan fingerprint density at radius 3 is 2.89 bits per heavy atom. The van der Waals surface area contributed by atoms with Gasteiger partial charge in [0.25, 0.3) is 5.92 Å². The second kappa shape index (κ2) is 4.35. The van der Waals surface area contributed by atoms with E-state index in [9.17, 15) is 8.78 Å². The van der Waals surface area contributed by atoms with Gasteiger partial charge in [0.15, 0.2) is 0 Å². The SMILES string of the molecule is FC(F)(c1coc2ccccc12)C1CCCNC1. The molecule has 18 heavy (non-hydrogen) atoms. The highest BCUT2D eigenvalue weighted by molar-refractivity contribution is 5.81. The number of nitrogens with one attached hydrogen (secondary N) is 1. The summed E-state index contributed by atoms with van der Waals surface area (Å²) < 4.78 is 34.2. The quantitative estimate of drug-likeness (QED) is 0.883. The van der Waals surface area contributed by atoms with E-state index in [0.717, 1.165) is 13.0 Å². The van der Waals surface area contributed by atoms with Crippen molar-refractivity contribution in [3.8, 4) is 0 Å². The Kier molecular flexibility index (Phi) is 2.82. The molecule has 0 bridgehead atoms. The van der Waals surface area contributed by atoms with Crippen LogP contribution >= 0.6 is 0 Å². The van der Waals surface area contributed by atoms with Crippen LogP contribution in [0.5, 0.6) is 0 Å². The number of halogens is 2. The minimum absolute atomic E-state index is 0.0202. The highest BCUT2D eigenvalue weighted by Crippen LogP contribution is 2.42. The van der Waals surface area contributed by atoms with E-state index in [-0.39, 0.29) is 5.56 Å². The fourth-order valence-corrected chi connectivity index (χ4v) is 2.62. The fourth-order valence-electron chi connectivity index (χ4n) is 2.62. The van der Waals surface area contributed by atoms with Crippen molar-refractivity contribution in [1.29, 1.82) is 0 Å². The summed E-state index contributed by atoms with van der Waals surface area (Å²) in [6, 6.07) is 6.96. The van der Waals surface area contributed by atoms with Crippen molar-refractivity contribution in [2.75, 3.05) is 13.1 Å². The first-order valence-electron chi connectivity index (χ1n) is 6.25. The van der Waals surface area contributed by atoms with Gasteiger partial charge in [-0.1, -0.05) is 18.2 Å². The van der Waals surface area contributed by atoms with Gasteiger partial charge in [-0.25, -0.2) is 8.78 Å². The Bertz CT molecular complexity index is 543. The zero-order valence-electron chi connectivity index (χ0n) is 9.96. The molecule has 1 aromatic carbocycles. The number of piperidine rings is 1. The molecule has 2 nitrogen and oxygen atoms in total. The van der Waals surface area contributed by atoms with E-state index in [2.05, 4.69) is 5.32 Å². The molecule has 1 aliphatic rings. The fraction of sp³-hybridized carbons (Fsp3) is 0.429. The molecule has 0 spiro atoms. The van der Waals surface area contributed by atoms with Crippen molar-refractivity contribution in [2.45, 2.75) is 18.8 Å². The normalized spacial score (nSPS) is 21.3. The maximum absolute atomic E-state index is 14.5. The van der Waals surface area contributed by atoms with Gasteiger partial charge in [-0.05, 0) is 25.5 Å². The molecule has 1 fully saturated rings. The molecular formula is C14H15F2NO. The predicted molar refractivity (Wildman–Crippen MR) is 65.7 cm³/mol. The smallest absolute Gasteiger partial charge is 0.280 e. The Morgan fingerprint density at radius 2 is 2.11 bits per heavy atom. The molecule has 0 amide bonds. The lowest BCUT2D eigenvalue weighted by molar-refractivity contribution is -0.0717. The monoisotopic (exact) mass is 251 g/mol. The zero-order valence-corrected chi connectivity index (χ0v) is 9.96. The molecular weight excluding hydrogens is 236 g/mol. The van der Waals surface area contributed by atoms with Crippen molar-refractivity contribution in [2.24, 2.45) is 5.92 Å². The lowest BCUT2D eigenvalue weighted by atomic mass is 9.88. The molecule has 1 saturated heterocycles.